The van der Waals surface area contributed by atoms with Gasteiger partial charge in [-0.1, -0.05) is 24.3 Å². The van der Waals surface area contributed by atoms with Gasteiger partial charge in [0.2, 0.25) is 0 Å². The summed E-state index contributed by atoms with van der Waals surface area (Å²) < 4.78 is 4.69. The third-order valence-corrected chi connectivity index (χ3v) is 3.16. The summed E-state index contributed by atoms with van der Waals surface area (Å²) in [5, 5.41) is -0.630. The van der Waals surface area contributed by atoms with Gasteiger partial charge in [0.1, 0.15) is 6.04 Å². The van der Waals surface area contributed by atoms with Crippen LogP contribution in [0.1, 0.15) is 11.1 Å². The summed E-state index contributed by atoms with van der Waals surface area (Å²) in [6.07, 6.45) is 0.446. The zero-order valence-corrected chi connectivity index (χ0v) is 10.1. The number of halogens is 1. The van der Waals surface area contributed by atoms with Crippen LogP contribution in [0.5, 0.6) is 0 Å². The highest BCUT2D eigenvalue weighted by molar-refractivity contribution is 6.63. The molecule has 0 aromatic heterocycles. The number of esters is 1. The van der Waals surface area contributed by atoms with E-state index in [1.807, 2.05) is 24.3 Å². The van der Waals surface area contributed by atoms with E-state index >= 15 is 0 Å². The number of hydrogen-bond acceptors (Lipinski definition) is 3. The molecule has 5 heteroatoms. The van der Waals surface area contributed by atoms with E-state index in [4.69, 9.17) is 16.3 Å². The number of amides is 1. The number of benzene rings is 1. The smallest absolute Gasteiger partial charge is 0.328 e. The van der Waals surface area contributed by atoms with Crippen molar-refractivity contribution in [3.8, 4) is 0 Å². The van der Waals surface area contributed by atoms with Crippen LogP contribution in [-0.4, -0.2) is 29.4 Å². The van der Waals surface area contributed by atoms with Gasteiger partial charge in [0, 0.05) is 13.0 Å². The van der Waals surface area contributed by atoms with Gasteiger partial charge in [-0.2, -0.15) is 0 Å². The van der Waals surface area contributed by atoms with Crippen molar-refractivity contribution in [2.75, 3.05) is 7.11 Å². The van der Waals surface area contributed by atoms with Crippen LogP contribution < -0.4 is 0 Å². The van der Waals surface area contributed by atoms with Crippen LogP contribution in [0.3, 0.4) is 0 Å². The molecule has 1 aliphatic rings. The Morgan fingerprint density at radius 2 is 2.00 bits per heavy atom. The molecule has 0 spiro atoms. The van der Waals surface area contributed by atoms with Gasteiger partial charge in [-0.3, -0.25) is 4.79 Å². The molecule has 0 saturated carbocycles. The normalized spacial score (nSPS) is 18.5. The number of carbonyl (C=O) groups is 2. The van der Waals surface area contributed by atoms with Crippen LogP contribution in [0, 0.1) is 0 Å². The fraction of sp³-hybridized carbons (Fsp3) is 0.333. The van der Waals surface area contributed by atoms with Gasteiger partial charge in [0.05, 0.1) is 7.11 Å². The molecule has 1 aliphatic heterocycles. The van der Waals surface area contributed by atoms with E-state index in [2.05, 4.69) is 0 Å². The predicted octanol–water partition coefficient (Wildman–Crippen LogP) is 1.95. The number of fused-ring (bicyclic) bond motifs is 1. The maximum Gasteiger partial charge on any atom is 0.328 e. The summed E-state index contributed by atoms with van der Waals surface area (Å²) in [5.74, 6) is -0.437. The Kier molecular flexibility index (Phi) is 3.33. The van der Waals surface area contributed by atoms with Crippen molar-refractivity contribution in [3.63, 3.8) is 0 Å². The van der Waals surface area contributed by atoms with E-state index in [0.717, 1.165) is 11.1 Å². The number of hydrogen-bond donors (Lipinski definition) is 0. The molecule has 4 nitrogen and oxygen atoms in total. The van der Waals surface area contributed by atoms with Crippen LogP contribution in [0.2, 0.25) is 0 Å². The summed E-state index contributed by atoms with van der Waals surface area (Å²) in [4.78, 5) is 24.3. The van der Waals surface area contributed by atoms with Gasteiger partial charge >= 0.3 is 11.3 Å². The quantitative estimate of drug-likeness (QED) is 0.437. The molecular formula is C12H12ClNO3. The van der Waals surface area contributed by atoms with E-state index in [9.17, 15) is 9.59 Å². The Bertz CT molecular complexity index is 461. The average Bonchev–Trinajstić information content (AvgIpc) is 2.36. The molecule has 0 N–H and O–H groups in total. The van der Waals surface area contributed by atoms with Gasteiger partial charge in [-0.15, -0.1) is 0 Å². The highest BCUT2D eigenvalue weighted by Crippen LogP contribution is 2.24. The minimum atomic E-state index is -0.630. The van der Waals surface area contributed by atoms with Crippen LogP contribution in [0.15, 0.2) is 24.3 Å². The van der Waals surface area contributed by atoms with E-state index in [-0.39, 0.29) is 0 Å². The predicted molar refractivity (Wildman–Crippen MR) is 62.7 cm³/mol. The maximum absolute atomic E-state index is 11.6. The molecule has 2 rings (SSSR count). The molecule has 0 radical (unpaired) electrons. The second kappa shape index (κ2) is 4.75. The van der Waals surface area contributed by atoms with E-state index in [1.165, 1.54) is 12.0 Å². The van der Waals surface area contributed by atoms with Crippen LogP contribution >= 0.6 is 11.6 Å². The van der Waals surface area contributed by atoms with Gasteiger partial charge in [0.15, 0.2) is 0 Å². The lowest BCUT2D eigenvalue weighted by atomic mass is 9.94. The number of nitrogens with zero attached hydrogens (tertiary/aromatic N) is 1. The largest absolute Gasteiger partial charge is 0.467 e. The fourth-order valence-corrected chi connectivity index (χ4v) is 2.23. The van der Waals surface area contributed by atoms with Crippen molar-refractivity contribution >= 4 is 22.9 Å². The molecule has 1 aromatic carbocycles. The first kappa shape index (κ1) is 11.9. The minimum Gasteiger partial charge on any atom is -0.467 e. The van der Waals surface area contributed by atoms with Crippen LogP contribution in [-0.2, 0) is 22.5 Å². The lowest BCUT2D eigenvalue weighted by Crippen LogP contribution is -2.47. The third-order valence-electron chi connectivity index (χ3n) is 2.95. The van der Waals surface area contributed by atoms with Gasteiger partial charge in [-0.05, 0) is 22.7 Å². The van der Waals surface area contributed by atoms with Crippen molar-refractivity contribution in [3.05, 3.63) is 35.4 Å². The number of rotatable bonds is 1. The molecule has 1 aromatic rings. The van der Waals surface area contributed by atoms with Crippen molar-refractivity contribution in [2.24, 2.45) is 0 Å². The van der Waals surface area contributed by atoms with Crippen LogP contribution in [0.4, 0.5) is 4.79 Å². The molecule has 1 heterocycles. The average molecular weight is 254 g/mol. The van der Waals surface area contributed by atoms with E-state index in [1.54, 1.807) is 0 Å². The van der Waals surface area contributed by atoms with E-state index in [0.29, 0.717) is 13.0 Å². The highest BCUT2D eigenvalue weighted by atomic mass is 35.5. The Hall–Kier alpha value is -1.55. The lowest BCUT2D eigenvalue weighted by Gasteiger charge is -2.33. The molecule has 90 valence electrons. The zero-order chi connectivity index (χ0) is 12.4. The molecule has 0 unspecified atom stereocenters. The molecule has 1 amide bonds. The third kappa shape index (κ3) is 2.26. The number of ether oxygens (including phenoxy) is 1. The fourth-order valence-electron chi connectivity index (χ4n) is 2.05. The summed E-state index contributed by atoms with van der Waals surface area (Å²) in [5.41, 5.74) is 2.07. The van der Waals surface area contributed by atoms with E-state index < -0.39 is 17.4 Å². The van der Waals surface area contributed by atoms with Gasteiger partial charge < -0.3 is 9.64 Å². The molecule has 0 saturated heterocycles. The first-order chi connectivity index (χ1) is 8.13. The second-order valence-electron chi connectivity index (χ2n) is 3.89. The maximum atomic E-state index is 11.6. The Balaban J connectivity index is 2.34. The lowest BCUT2D eigenvalue weighted by molar-refractivity contribution is -0.146. The Morgan fingerprint density at radius 3 is 2.59 bits per heavy atom. The number of methoxy groups -OCH3 is 1. The summed E-state index contributed by atoms with van der Waals surface area (Å²) >= 11 is 5.50. The van der Waals surface area contributed by atoms with Crippen LogP contribution in [0.25, 0.3) is 0 Å². The molecule has 0 aliphatic carbocycles. The highest BCUT2D eigenvalue weighted by Gasteiger charge is 2.34. The Labute approximate surface area is 104 Å². The first-order valence-corrected chi connectivity index (χ1v) is 5.62. The minimum absolute atomic E-state index is 0.346. The molecular weight excluding hydrogens is 242 g/mol. The molecule has 0 bridgehead atoms. The monoisotopic (exact) mass is 253 g/mol. The number of carbonyl (C=O) groups excluding carboxylic acids is 2. The van der Waals surface area contributed by atoms with Crippen molar-refractivity contribution in [1.82, 2.24) is 4.90 Å². The van der Waals surface area contributed by atoms with Gasteiger partial charge in [0.25, 0.3) is 0 Å². The molecule has 1 atom stereocenters. The van der Waals surface area contributed by atoms with Crippen molar-refractivity contribution in [2.45, 2.75) is 19.0 Å². The molecule has 17 heavy (non-hydrogen) atoms. The Morgan fingerprint density at radius 1 is 1.35 bits per heavy atom. The standard InChI is InChI=1S/C12H12ClNO3/c1-17-11(15)10-6-8-4-2-3-5-9(8)7-14(10)12(13)16/h2-5,10H,6-7H2,1H3/t10-/m0/s1. The SMILES string of the molecule is COC(=O)[C@@H]1Cc2ccccc2CN1C(=O)Cl. The van der Waals surface area contributed by atoms with Gasteiger partial charge in [-0.25, -0.2) is 4.79 Å². The molecule has 0 fully saturated rings. The topological polar surface area (TPSA) is 46.6 Å². The second-order valence-corrected chi connectivity index (χ2v) is 4.22. The summed E-state index contributed by atoms with van der Waals surface area (Å²) in [6, 6.07) is 7.05. The van der Waals surface area contributed by atoms with Crippen molar-refractivity contribution < 1.29 is 14.3 Å². The summed E-state index contributed by atoms with van der Waals surface area (Å²) in [7, 11) is 1.31. The zero-order valence-electron chi connectivity index (χ0n) is 9.35. The van der Waals surface area contributed by atoms with Crippen molar-refractivity contribution in [1.29, 1.82) is 0 Å². The summed E-state index contributed by atoms with van der Waals surface area (Å²) in [6.45, 7) is 0.346. The first-order valence-electron chi connectivity index (χ1n) is 5.24.